The molecule has 22 heavy (non-hydrogen) atoms. The zero-order valence-electron chi connectivity index (χ0n) is 13.5. The Labute approximate surface area is 133 Å². The molecule has 5 nitrogen and oxygen atoms in total. The van der Waals surface area contributed by atoms with Crippen LogP contribution < -0.4 is 0 Å². The van der Waals surface area contributed by atoms with Gasteiger partial charge in [0, 0.05) is 52.4 Å². The predicted octanol–water partition coefficient (Wildman–Crippen LogP) is 1.58. The Morgan fingerprint density at radius 2 is 1.73 bits per heavy atom. The monoisotopic (exact) mass is 311 g/mol. The molecule has 1 unspecified atom stereocenters. The van der Waals surface area contributed by atoms with Crippen molar-refractivity contribution in [2.45, 2.75) is 50.5 Å². The van der Waals surface area contributed by atoms with Gasteiger partial charge in [-0.15, -0.1) is 0 Å². The van der Waals surface area contributed by atoms with Crippen LogP contribution in [0.5, 0.6) is 0 Å². The molecule has 3 aliphatic rings. The summed E-state index contributed by atoms with van der Waals surface area (Å²) in [5.41, 5.74) is -0.846. The summed E-state index contributed by atoms with van der Waals surface area (Å²) in [4.78, 5) is 14.6. The Morgan fingerprint density at radius 1 is 1.05 bits per heavy atom. The lowest BCUT2D eigenvalue weighted by Gasteiger charge is -2.40. The first kappa shape index (κ1) is 16.2. The molecule has 0 aromatic rings. The smallest absolute Gasteiger partial charge is 0.225 e. The summed E-state index contributed by atoms with van der Waals surface area (Å²) in [6.07, 6.45) is 6.01. The first-order valence-corrected chi connectivity index (χ1v) is 8.82. The molecule has 126 valence electrons. The van der Waals surface area contributed by atoms with Gasteiger partial charge in [-0.3, -0.25) is 4.79 Å². The van der Waals surface area contributed by atoms with E-state index in [9.17, 15) is 9.90 Å². The van der Waals surface area contributed by atoms with Gasteiger partial charge in [-0.05, 0) is 37.5 Å². The van der Waals surface area contributed by atoms with Crippen LogP contribution in [0.4, 0.5) is 0 Å². The van der Waals surface area contributed by atoms with Crippen molar-refractivity contribution in [3.63, 3.8) is 0 Å². The molecule has 1 amide bonds. The molecule has 3 heterocycles. The fourth-order valence-corrected chi connectivity index (χ4v) is 4.13. The fraction of sp³-hybridized carbons (Fsp3) is 0.941. The molecule has 0 radical (unpaired) electrons. The van der Waals surface area contributed by atoms with Crippen LogP contribution in [-0.4, -0.2) is 61.0 Å². The molecular weight excluding hydrogens is 282 g/mol. The van der Waals surface area contributed by atoms with Gasteiger partial charge in [0.25, 0.3) is 0 Å². The van der Waals surface area contributed by atoms with Crippen molar-refractivity contribution in [3.8, 4) is 0 Å². The number of ether oxygens (including phenoxy) is 2. The van der Waals surface area contributed by atoms with Crippen LogP contribution in [0.25, 0.3) is 0 Å². The largest absolute Gasteiger partial charge is 0.389 e. The summed E-state index contributed by atoms with van der Waals surface area (Å²) in [6, 6.07) is 0. The first-order valence-electron chi connectivity index (χ1n) is 8.82. The van der Waals surface area contributed by atoms with Crippen molar-refractivity contribution in [1.29, 1.82) is 0 Å². The Bertz CT molecular complexity index is 375. The highest BCUT2D eigenvalue weighted by Gasteiger charge is 2.36. The van der Waals surface area contributed by atoms with E-state index in [-0.39, 0.29) is 12.3 Å². The number of nitrogens with zero attached hydrogens (tertiary/aromatic N) is 1. The Balaban J connectivity index is 1.53. The lowest BCUT2D eigenvalue weighted by molar-refractivity contribution is -0.143. The predicted molar refractivity (Wildman–Crippen MR) is 82.5 cm³/mol. The summed E-state index contributed by atoms with van der Waals surface area (Å²) in [7, 11) is 0. The average molecular weight is 311 g/mol. The third-order valence-corrected chi connectivity index (χ3v) is 5.65. The van der Waals surface area contributed by atoms with E-state index in [1.165, 1.54) is 6.42 Å². The van der Waals surface area contributed by atoms with Crippen molar-refractivity contribution in [2.75, 3.05) is 39.5 Å². The zero-order chi connectivity index (χ0) is 15.4. The molecule has 0 aliphatic carbocycles. The van der Waals surface area contributed by atoms with E-state index < -0.39 is 5.60 Å². The maximum absolute atomic E-state index is 12.6. The van der Waals surface area contributed by atoms with E-state index in [0.29, 0.717) is 37.9 Å². The normalized spacial score (nSPS) is 30.2. The second kappa shape index (κ2) is 7.28. The SMILES string of the molecule is O=C(CC1(O)CCOCC1)N1CCCC(C2CCOCC2)C1. The number of carbonyl (C=O) groups is 1. The molecule has 0 bridgehead atoms. The van der Waals surface area contributed by atoms with Crippen LogP contribution in [0.3, 0.4) is 0 Å². The number of hydrogen-bond acceptors (Lipinski definition) is 4. The molecule has 5 heteroatoms. The van der Waals surface area contributed by atoms with E-state index in [1.807, 2.05) is 4.90 Å². The quantitative estimate of drug-likeness (QED) is 0.860. The Hall–Kier alpha value is -0.650. The number of likely N-dealkylation sites (tertiary alicyclic amines) is 1. The molecular formula is C17H29NO4. The molecule has 3 aliphatic heterocycles. The highest BCUT2D eigenvalue weighted by atomic mass is 16.5. The highest BCUT2D eigenvalue weighted by molar-refractivity contribution is 5.77. The minimum Gasteiger partial charge on any atom is -0.389 e. The Morgan fingerprint density at radius 3 is 2.45 bits per heavy atom. The molecule has 0 aromatic carbocycles. The maximum atomic E-state index is 12.6. The average Bonchev–Trinajstić information content (AvgIpc) is 2.56. The summed E-state index contributed by atoms with van der Waals surface area (Å²) in [6.45, 7) is 4.59. The van der Waals surface area contributed by atoms with Crippen LogP contribution in [0.15, 0.2) is 0 Å². The van der Waals surface area contributed by atoms with Crippen LogP contribution >= 0.6 is 0 Å². The van der Waals surface area contributed by atoms with E-state index in [4.69, 9.17) is 9.47 Å². The third-order valence-electron chi connectivity index (χ3n) is 5.65. The van der Waals surface area contributed by atoms with E-state index in [1.54, 1.807) is 0 Å². The van der Waals surface area contributed by atoms with E-state index in [2.05, 4.69) is 0 Å². The number of carbonyl (C=O) groups excluding carboxylic acids is 1. The molecule has 0 spiro atoms. The summed E-state index contributed by atoms with van der Waals surface area (Å²) >= 11 is 0. The highest BCUT2D eigenvalue weighted by Crippen LogP contribution is 2.32. The summed E-state index contributed by atoms with van der Waals surface area (Å²) < 4.78 is 10.7. The molecule has 1 atom stereocenters. The lowest BCUT2D eigenvalue weighted by atomic mass is 9.80. The molecule has 3 saturated heterocycles. The standard InChI is InChI=1S/C17H29NO4/c19-16(12-17(20)5-10-22-11-6-17)18-7-1-2-15(13-18)14-3-8-21-9-4-14/h14-15,20H,1-13H2. The zero-order valence-corrected chi connectivity index (χ0v) is 13.5. The fourth-order valence-electron chi connectivity index (χ4n) is 4.13. The number of hydrogen-bond donors (Lipinski definition) is 1. The van der Waals surface area contributed by atoms with Gasteiger partial charge in [-0.2, -0.15) is 0 Å². The van der Waals surface area contributed by atoms with Gasteiger partial charge in [0.1, 0.15) is 0 Å². The van der Waals surface area contributed by atoms with Gasteiger partial charge in [-0.25, -0.2) is 0 Å². The second-order valence-corrected chi connectivity index (χ2v) is 7.21. The molecule has 1 N–H and O–H groups in total. The maximum Gasteiger partial charge on any atom is 0.225 e. The Kier molecular flexibility index (Phi) is 5.37. The third kappa shape index (κ3) is 4.00. The van der Waals surface area contributed by atoms with Crippen LogP contribution in [0.2, 0.25) is 0 Å². The summed E-state index contributed by atoms with van der Waals surface area (Å²) in [5, 5.41) is 10.5. The van der Waals surface area contributed by atoms with Gasteiger partial charge >= 0.3 is 0 Å². The number of rotatable bonds is 3. The minimum absolute atomic E-state index is 0.126. The van der Waals surface area contributed by atoms with Gasteiger partial charge in [0.05, 0.1) is 12.0 Å². The van der Waals surface area contributed by atoms with Gasteiger partial charge < -0.3 is 19.5 Å². The van der Waals surface area contributed by atoms with Crippen molar-refractivity contribution in [2.24, 2.45) is 11.8 Å². The van der Waals surface area contributed by atoms with Gasteiger partial charge in [-0.1, -0.05) is 0 Å². The van der Waals surface area contributed by atoms with E-state index >= 15 is 0 Å². The number of aliphatic hydroxyl groups is 1. The van der Waals surface area contributed by atoms with Crippen molar-refractivity contribution in [1.82, 2.24) is 4.90 Å². The second-order valence-electron chi connectivity index (χ2n) is 7.21. The lowest BCUT2D eigenvalue weighted by Crippen LogP contribution is -2.47. The van der Waals surface area contributed by atoms with Crippen molar-refractivity contribution in [3.05, 3.63) is 0 Å². The molecule has 3 rings (SSSR count). The van der Waals surface area contributed by atoms with Crippen LogP contribution in [0, 0.1) is 11.8 Å². The van der Waals surface area contributed by atoms with Crippen LogP contribution in [0.1, 0.15) is 44.9 Å². The number of piperidine rings is 1. The molecule has 0 aromatic heterocycles. The van der Waals surface area contributed by atoms with Gasteiger partial charge in [0.2, 0.25) is 5.91 Å². The molecule has 0 saturated carbocycles. The van der Waals surface area contributed by atoms with E-state index in [0.717, 1.165) is 45.6 Å². The van der Waals surface area contributed by atoms with Crippen molar-refractivity contribution >= 4 is 5.91 Å². The van der Waals surface area contributed by atoms with Gasteiger partial charge in [0.15, 0.2) is 0 Å². The molecule has 3 fully saturated rings. The first-order chi connectivity index (χ1) is 10.7. The van der Waals surface area contributed by atoms with Crippen LogP contribution in [-0.2, 0) is 14.3 Å². The summed E-state index contributed by atoms with van der Waals surface area (Å²) in [5.74, 6) is 1.45. The van der Waals surface area contributed by atoms with Crippen molar-refractivity contribution < 1.29 is 19.4 Å². The number of amides is 1. The minimum atomic E-state index is -0.846. The topological polar surface area (TPSA) is 59.0 Å².